The third-order valence-electron chi connectivity index (χ3n) is 1.58. The predicted molar refractivity (Wildman–Crippen MR) is 53.4 cm³/mol. The molecule has 1 atom stereocenters. The Hall–Kier alpha value is -0.240. The van der Waals surface area contributed by atoms with Gasteiger partial charge in [-0.25, -0.2) is 0 Å². The zero-order chi connectivity index (χ0) is 9.72. The lowest BCUT2D eigenvalue weighted by atomic mass is 9.48. The molecular weight excluding hydrogens is 148 g/mol. The number of carbonyl (C=O) groups excluding carboxylic acids is 1. The van der Waals surface area contributed by atoms with Gasteiger partial charge in [-0.3, -0.25) is 4.79 Å². The molecule has 0 fully saturated rings. The van der Waals surface area contributed by atoms with Gasteiger partial charge in [0.25, 0.3) is 0 Å². The molecule has 65 valence electrons. The minimum atomic E-state index is -0.301. The predicted octanol–water partition coefficient (Wildman–Crippen LogP) is 0.323. The van der Waals surface area contributed by atoms with Crippen molar-refractivity contribution in [3.8, 4) is 0 Å². The van der Waals surface area contributed by atoms with Crippen LogP contribution in [-0.2, 0) is 4.79 Å². The van der Waals surface area contributed by atoms with Crippen molar-refractivity contribution in [2.45, 2.75) is 39.7 Å². The van der Waals surface area contributed by atoms with Crippen LogP contribution in [0.25, 0.3) is 0 Å². The Labute approximate surface area is 77.1 Å². The van der Waals surface area contributed by atoms with E-state index in [1.54, 1.807) is 0 Å². The Balaban J connectivity index is 4.06. The molecule has 12 heavy (non-hydrogen) atoms. The summed E-state index contributed by atoms with van der Waals surface area (Å²) in [7, 11) is 6.77. The summed E-state index contributed by atoms with van der Waals surface area (Å²) in [6.07, 6.45) is 0. The molecule has 1 unspecified atom stereocenters. The Morgan fingerprint density at radius 1 is 1.33 bits per heavy atom. The van der Waals surface area contributed by atoms with Gasteiger partial charge in [-0.05, 0) is 0 Å². The normalized spacial score (nSPS) is 13.5. The van der Waals surface area contributed by atoms with E-state index in [4.69, 9.17) is 7.74 Å². The first kappa shape index (κ1) is 11.8. The van der Waals surface area contributed by atoms with Crippen molar-refractivity contribution in [2.24, 2.45) is 5.92 Å². The summed E-state index contributed by atoms with van der Waals surface area (Å²) in [5.41, 5.74) is 0. The van der Waals surface area contributed by atoms with E-state index in [-0.39, 0.29) is 23.7 Å². The number of carbonyl (C=O) groups is 1. The molecule has 0 aliphatic carbocycles. The van der Waals surface area contributed by atoms with E-state index in [0.717, 1.165) is 0 Å². The fourth-order valence-corrected chi connectivity index (χ4v) is 0.951. The van der Waals surface area contributed by atoms with Crippen molar-refractivity contribution in [3.63, 3.8) is 0 Å². The molecule has 0 rings (SSSR count). The summed E-state index contributed by atoms with van der Waals surface area (Å²) in [6, 6.07) is 0.275. The highest BCUT2D eigenvalue weighted by molar-refractivity contribution is 6.92. The summed E-state index contributed by atoms with van der Waals surface area (Å²) < 4.78 is 0. The molecular formula is C8H16B2NO. The summed E-state index contributed by atoms with van der Waals surface area (Å²) in [6.45, 7) is 7.73. The standard InChI is InChI=1S/C8H16B2NO/c1-5(2)7(12)8(10-9)11-6(3)4/h5-6,8,11H,1-4H3. The van der Waals surface area contributed by atoms with Crippen LogP contribution in [0, 0.1) is 5.92 Å². The molecule has 1 N–H and O–H groups in total. The average Bonchev–Trinajstić information content (AvgIpc) is 1.98. The quantitative estimate of drug-likeness (QED) is 0.592. The molecule has 2 nitrogen and oxygen atoms in total. The van der Waals surface area contributed by atoms with Crippen LogP contribution < -0.4 is 5.32 Å². The fraction of sp³-hybridized carbons (Fsp3) is 0.875. The zero-order valence-corrected chi connectivity index (χ0v) is 8.29. The topological polar surface area (TPSA) is 29.1 Å². The molecule has 0 bridgehead atoms. The molecule has 3 radical (unpaired) electrons. The van der Waals surface area contributed by atoms with Crippen LogP contribution in [0.15, 0.2) is 0 Å². The van der Waals surface area contributed by atoms with Gasteiger partial charge in [-0.15, -0.1) is 0 Å². The first-order chi connectivity index (χ1) is 5.49. The molecule has 0 aromatic rings. The van der Waals surface area contributed by atoms with Crippen LogP contribution in [0.1, 0.15) is 27.7 Å². The maximum Gasteiger partial charge on any atom is 0.142 e. The van der Waals surface area contributed by atoms with E-state index in [2.05, 4.69) is 5.32 Å². The molecule has 0 heterocycles. The molecule has 0 amide bonds. The third kappa shape index (κ3) is 3.96. The smallest absolute Gasteiger partial charge is 0.142 e. The van der Waals surface area contributed by atoms with E-state index < -0.39 is 0 Å². The lowest BCUT2D eigenvalue weighted by Gasteiger charge is -2.20. The fourth-order valence-electron chi connectivity index (χ4n) is 0.951. The minimum absolute atomic E-state index is 0.0287. The monoisotopic (exact) mass is 164 g/mol. The average molecular weight is 164 g/mol. The summed E-state index contributed by atoms with van der Waals surface area (Å²) in [5, 5.41) is 3.08. The molecule has 0 saturated carbocycles. The van der Waals surface area contributed by atoms with E-state index in [9.17, 15) is 4.79 Å². The summed E-state index contributed by atoms with van der Waals surface area (Å²) >= 11 is 0. The van der Waals surface area contributed by atoms with Gasteiger partial charge >= 0.3 is 0 Å². The largest absolute Gasteiger partial charge is 0.313 e. The molecule has 0 aromatic carbocycles. The maximum atomic E-state index is 11.4. The van der Waals surface area contributed by atoms with Gasteiger partial charge in [-0.1, -0.05) is 27.7 Å². The molecule has 4 heteroatoms. The SMILES string of the molecule is [B][B]C(NC(C)C)C(=O)C(C)C. The molecule has 0 aliphatic heterocycles. The lowest BCUT2D eigenvalue weighted by Crippen LogP contribution is -2.47. The molecule has 0 aromatic heterocycles. The van der Waals surface area contributed by atoms with E-state index >= 15 is 0 Å². The summed E-state index contributed by atoms with van der Waals surface area (Å²) in [4.78, 5) is 11.4. The van der Waals surface area contributed by atoms with Crippen molar-refractivity contribution in [3.05, 3.63) is 0 Å². The highest BCUT2D eigenvalue weighted by Crippen LogP contribution is 1.99. The second kappa shape index (κ2) is 5.41. The van der Waals surface area contributed by atoms with Gasteiger partial charge in [0, 0.05) is 25.6 Å². The van der Waals surface area contributed by atoms with Crippen LogP contribution in [0.5, 0.6) is 0 Å². The second-order valence-electron chi connectivity index (χ2n) is 3.55. The van der Waals surface area contributed by atoms with Gasteiger partial charge in [0.15, 0.2) is 0 Å². The van der Waals surface area contributed by atoms with Gasteiger partial charge in [0.2, 0.25) is 0 Å². The number of Topliss-reactive ketones (excluding diaryl/α,β-unsaturated/α-hetero) is 1. The van der Waals surface area contributed by atoms with Crippen LogP contribution >= 0.6 is 0 Å². The van der Waals surface area contributed by atoms with Gasteiger partial charge in [0.1, 0.15) is 5.78 Å². The van der Waals surface area contributed by atoms with Crippen LogP contribution in [0.2, 0.25) is 0 Å². The van der Waals surface area contributed by atoms with E-state index in [0.29, 0.717) is 0 Å². The summed E-state index contributed by atoms with van der Waals surface area (Å²) in [5.74, 6) is -0.128. The number of ketones is 1. The van der Waals surface area contributed by atoms with Crippen molar-refractivity contribution in [1.82, 2.24) is 5.32 Å². The Morgan fingerprint density at radius 2 is 1.83 bits per heavy atom. The molecule has 0 spiro atoms. The number of rotatable bonds is 5. The number of hydrogen-bond acceptors (Lipinski definition) is 2. The van der Waals surface area contributed by atoms with E-state index in [1.165, 1.54) is 7.17 Å². The van der Waals surface area contributed by atoms with Gasteiger partial charge in [-0.2, -0.15) is 0 Å². The van der Waals surface area contributed by atoms with Crippen molar-refractivity contribution in [2.75, 3.05) is 0 Å². The van der Waals surface area contributed by atoms with Crippen molar-refractivity contribution >= 4 is 20.7 Å². The Bertz CT molecular complexity index is 148. The Morgan fingerprint density at radius 3 is 2.08 bits per heavy atom. The van der Waals surface area contributed by atoms with Gasteiger partial charge < -0.3 is 5.32 Å². The van der Waals surface area contributed by atoms with Crippen molar-refractivity contribution in [1.29, 1.82) is 0 Å². The zero-order valence-electron chi connectivity index (χ0n) is 8.29. The van der Waals surface area contributed by atoms with Crippen molar-refractivity contribution < 1.29 is 4.79 Å². The highest BCUT2D eigenvalue weighted by atomic mass is 16.1. The molecule has 0 aliphatic rings. The first-order valence-corrected chi connectivity index (χ1v) is 4.33. The lowest BCUT2D eigenvalue weighted by molar-refractivity contribution is -0.122. The number of hydrogen-bond donors (Lipinski definition) is 1. The maximum absolute atomic E-state index is 11.4. The van der Waals surface area contributed by atoms with Gasteiger partial charge in [0.05, 0.1) is 7.17 Å². The highest BCUT2D eigenvalue weighted by Gasteiger charge is 2.18. The first-order valence-electron chi connectivity index (χ1n) is 4.33. The van der Waals surface area contributed by atoms with E-state index in [1.807, 2.05) is 27.7 Å². The molecule has 0 saturated heterocycles. The van der Waals surface area contributed by atoms with Crippen LogP contribution in [0.3, 0.4) is 0 Å². The number of nitrogens with one attached hydrogen (secondary N) is 1. The third-order valence-corrected chi connectivity index (χ3v) is 1.58. The Kier molecular flexibility index (Phi) is 5.31. The minimum Gasteiger partial charge on any atom is -0.313 e. The van der Waals surface area contributed by atoms with Crippen LogP contribution in [0.4, 0.5) is 0 Å². The second-order valence-corrected chi connectivity index (χ2v) is 3.55. The van der Waals surface area contributed by atoms with Crippen LogP contribution in [-0.4, -0.2) is 32.7 Å².